The minimum absolute atomic E-state index is 0.384. The van der Waals surface area contributed by atoms with Crippen molar-refractivity contribution in [3.63, 3.8) is 0 Å². The van der Waals surface area contributed by atoms with Gasteiger partial charge in [0, 0.05) is 0 Å². The van der Waals surface area contributed by atoms with Crippen LogP contribution in [-0.2, 0) is 6.42 Å². The Hall–Kier alpha value is -1.96. The number of unbranched alkanes of at least 4 members (excludes halogenated alkanes) is 9. The lowest BCUT2D eigenvalue weighted by molar-refractivity contribution is 0.470. The van der Waals surface area contributed by atoms with Crippen LogP contribution in [0.25, 0.3) is 0 Å². The molecule has 2 heteroatoms. The van der Waals surface area contributed by atoms with E-state index in [1.54, 1.807) is 6.07 Å². The van der Waals surface area contributed by atoms with E-state index in [9.17, 15) is 5.11 Å². The highest BCUT2D eigenvalue weighted by Gasteiger charge is 1.99. The summed E-state index contributed by atoms with van der Waals surface area (Å²) in [4.78, 5) is 0. The second-order valence-electron chi connectivity index (χ2n) is 8.34. The molecule has 0 aliphatic heterocycles. The summed E-state index contributed by atoms with van der Waals surface area (Å²) in [6.45, 7) is 8.08. The first-order valence-corrected chi connectivity index (χ1v) is 11.5. The lowest BCUT2D eigenvalue weighted by Gasteiger charge is -2.05. The number of phenols is 2. The van der Waals surface area contributed by atoms with E-state index in [1.165, 1.54) is 69.8 Å². The van der Waals surface area contributed by atoms with Crippen LogP contribution in [0.2, 0.25) is 0 Å². The Labute approximate surface area is 179 Å². The van der Waals surface area contributed by atoms with Gasteiger partial charge < -0.3 is 10.2 Å². The van der Waals surface area contributed by atoms with Gasteiger partial charge >= 0.3 is 0 Å². The molecule has 0 amide bonds. The molecule has 2 nitrogen and oxygen atoms in total. The lowest BCUT2D eigenvalue weighted by atomic mass is 10.0. The molecule has 0 saturated heterocycles. The van der Waals surface area contributed by atoms with Crippen molar-refractivity contribution >= 4 is 0 Å². The third-order valence-corrected chi connectivity index (χ3v) is 5.44. The fourth-order valence-electron chi connectivity index (χ4n) is 3.41. The van der Waals surface area contributed by atoms with Crippen LogP contribution in [0.5, 0.6) is 11.5 Å². The number of benzene rings is 2. The molecule has 0 spiro atoms. The van der Waals surface area contributed by atoms with Gasteiger partial charge in [-0.25, -0.2) is 0 Å². The second kappa shape index (κ2) is 15.0. The Balaban J connectivity index is 0.000000387. The maximum absolute atomic E-state index is 9.49. The first-order valence-electron chi connectivity index (χ1n) is 11.5. The van der Waals surface area contributed by atoms with E-state index < -0.39 is 0 Å². The summed E-state index contributed by atoms with van der Waals surface area (Å²) in [7, 11) is 0. The van der Waals surface area contributed by atoms with E-state index in [-0.39, 0.29) is 0 Å². The average molecular weight is 399 g/mol. The Bertz CT molecular complexity index is 691. The van der Waals surface area contributed by atoms with Gasteiger partial charge in [-0.1, -0.05) is 89.0 Å². The largest absolute Gasteiger partial charge is 0.508 e. The first kappa shape index (κ1) is 25.1. The summed E-state index contributed by atoms with van der Waals surface area (Å²) in [6, 6.07) is 11.6. The van der Waals surface area contributed by atoms with Gasteiger partial charge in [0.05, 0.1) is 0 Å². The van der Waals surface area contributed by atoms with Gasteiger partial charge in [0.2, 0.25) is 0 Å². The first-order chi connectivity index (χ1) is 13.9. The predicted octanol–water partition coefficient (Wildman–Crippen LogP) is 8.17. The number of rotatable bonds is 11. The van der Waals surface area contributed by atoms with Crippen molar-refractivity contribution in [2.75, 3.05) is 0 Å². The van der Waals surface area contributed by atoms with Gasteiger partial charge in [0.15, 0.2) is 0 Å². The van der Waals surface area contributed by atoms with Gasteiger partial charge in [0.1, 0.15) is 11.5 Å². The summed E-state index contributed by atoms with van der Waals surface area (Å²) in [5, 5.41) is 18.6. The highest BCUT2D eigenvalue weighted by atomic mass is 16.3. The highest BCUT2D eigenvalue weighted by Crippen LogP contribution is 2.19. The van der Waals surface area contributed by atoms with Crippen LogP contribution in [0, 0.1) is 20.8 Å². The SMILES string of the molecule is CCCCCCCCCCCCc1ccc(O)c(C)c1.Cc1ccc(C)c(O)c1. The number of aryl methyl sites for hydroxylation is 4. The molecule has 2 aromatic carbocycles. The highest BCUT2D eigenvalue weighted by molar-refractivity contribution is 5.35. The zero-order valence-electron chi connectivity index (χ0n) is 19.1. The monoisotopic (exact) mass is 398 g/mol. The van der Waals surface area contributed by atoms with E-state index in [1.807, 2.05) is 39.0 Å². The fraction of sp³-hybridized carbons (Fsp3) is 0.556. The van der Waals surface area contributed by atoms with Gasteiger partial charge in [-0.15, -0.1) is 0 Å². The minimum Gasteiger partial charge on any atom is -0.508 e. The average Bonchev–Trinajstić information content (AvgIpc) is 2.69. The molecule has 0 aliphatic rings. The molecule has 0 aromatic heterocycles. The minimum atomic E-state index is 0.384. The molecule has 2 N–H and O–H groups in total. The molecule has 0 saturated carbocycles. The van der Waals surface area contributed by atoms with Crippen molar-refractivity contribution in [3.05, 3.63) is 58.7 Å². The van der Waals surface area contributed by atoms with Crippen LogP contribution in [0.4, 0.5) is 0 Å². The van der Waals surface area contributed by atoms with Gasteiger partial charge in [-0.05, 0) is 68.0 Å². The summed E-state index contributed by atoms with van der Waals surface area (Å²) < 4.78 is 0. The van der Waals surface area contributed by atoms with Crippen LogP contribution in [-0.4, -0.2) is 10.2 Å². The van der Waals surface area contributed by atoms with Crippen LogP contribution >= 0.6 is 0 Å². The lowest BCUT2D eigenvalue weighted by Crippen LogP contribution is -1.88. The van der Waals surface area contributed by atoms with Crippen molar-refractivity contribution in [1.82, 2.24) is 0 Å². The smallest absolute Gasteiger partial charge is 0.118 e. The van der Waals surface area contributed by atoms with Gasteiger partial charge in [-0.3, -0.25) is 0 Å². The van der Waals surface area contributed by atoms with Crippen LogP contribution in [0.15, 0.2) is 36.4 Å². The normalized spacial score (nSPS) is 10.5. The molecular formula is C27H42O2. The quantitative estimate of drug-likeness (QED) is 0.375. The molecule has 162 valence electrons. The molecular weight excluding hydrogens is 356 g/mol. The van der Waals surface area contributed by atoms with E-state index in [2.05, 4.69) is 19.1 Å². The van der Waals surface area contributed by atoms with Crippen LogP contribution in [0.3, 0.4) is 0 Å². The third-order valence-electron chi connectivity index (χ3n) is 5.44. The van der Waals surface area contributed by atoms with E-state index >= 15 is 0 Å². The summed E-state index contributed by atoms with van der Waals surface area (Å²) in [6.07, 6.45) is 15.0. The summed E-state index contributed by atoms with van der Waals surface area (Å²) in [5.74, 6) is 0.798. The molecule has 29 heavy (non-hydrogen) atoms. The van der Waals surface area contributed by atoms with Crippen molar-refractivity contribution < 1.29 is 10.2 Å². The molecule has 0 heterocycles. The number of aromatic hydroxyl groups is 2. The maximum atomic E-state index is 9.49. The van der Waals surface area contributed by atoms with Crippen molar-refractivity contribution in [1.29, 1.82) is 0 Å². The summed E-state index contributed by atoms with van der Waals surface area (Å²) >= 11 is 0. The topological polar surface area (TPSA) is 40.5 Å². The van der Waals surface area contributed by atoms with E-state index in [0.29, 0.717) is 11.5 Å². The molecule has 0 bridgehead atoms. The molecule has 2 aromatic rings. The Morgan fingerprint density at radius 3 is 1.69 bits per heavy atom. The number of hydrogen-bond donors (Lipinski definition) is 2. The summed E-state index contributed by atoms with van der Waals surface area (Å²) in [5.41, 5.74) is 4.38. The van der Waals surface area contributed by atoms with Crippen LogP contribution < -0.4 is 0 Å². The predicted molar refractivity (Wildman–Crippen MR) is 126 cm³/mol. The van der Waals surface area contributed by atoms with Crippen molar-refractivity contribution in [2.24, 2.45) is 0 Å². The van der Waals surface area contributed by atoms with E-state index in [0.717, 1.165) is 23.1 Å². The van der Waals surface area contributed by atoms with Crippen molar-refractivity contribution in [2.45, 2.75) is 98.3 Å². The molecule has 0 radical (unpaired) electrons. The Kier molecular flexibility index (Phi) is 12.9. The molecule has 0 fully saturated rings. The standard InChI is InChI=1S/C19H32O.C8H10O/c1-3-4-5-6-7-8-9-10-11-12-13-18-14-15-19(20)17(2)16-18;1-6-3-4-7(2)8(9)5-6/h14-16,20H,3-13H2,1-2H3;3-5,9H,1-2H3. The zero-order valence-corrected chi connectivity index (χ0v) is 19.1. The third kappa shape index (κ3) is 11.6. The Morgan fingerprint density at radius 2 is 1.17 bits per heavy atom. The number of phenolic OH excluding ortho intramolecular Hbond substituents is 2. The zero-order chi connectivity index (χ0) is 21.5. The van der Waals surface area contributed by atoms with Gasteiger partial charge in [0.25, 0.3) is 0 Å². The second-order valence-corrected chi connectivity index (χ2v) is 8.34. The molecule has 0 unspecified atom stereocenters. The van der Waals surface area contributed by atoms with E-state index in [4.69, 9.17) is 5.11 Å². The molecule has 2 rings (SSSR count). The Morgan fingerprint density at radius 1 is 0.586 bits per heavy atom. The maximum Gasteiger partial charge on any atom is 0.118 e. The van der Waals surface area contributed by atoms with Crippen molar-refractivity contribution in [3.8, 4) is 11.5 Å². The van der Waals surface area contributed by atoms with Gasteiger partial charge in [-0.2, -0.15) is 0 Å². The molecule has 0 aliphatic carbocycles. The van der Waals surface area contributed by atoms with Crippen LogP contribution in [0.1, 0.15) is 93.4 Å². The molecule has 0 atom stereocenters. The number of hydrogen-bond acceptors (Lipinski definition) is 2. The fourth-order valence-corrected chi connectivity index (χ4v) is 3.41.